The lowest BCUT2D eigenvalue weighted by Gasteiger charge is -2.23. The summed E-state index contributed by atoms with van der Waals surface area (Å²) in [5.41, 5.74) is 0.962. The fraction of sp³-hybridized carbons (Fsp3) is 0.733. The van der Waals surface area contributed by atoms with Crippen LogP contribution in [0.1, 0.15) is 31.2 Å². The molecule has 2 unspecified atom stereocenters. The van der Waals surface area contributed by atoms with Crippen molar-refractivity contribution in [1.82, 2.24) is 25.1 Å². The maximum Gasteiger partial charge on any atom is 0.244 e. The number of carbonyl (C=O) groups excluding carboxylic acids is 1. The van der Waals surface area contributed by atoms with Crippen molar-refractivity contribution in [3.63, 3.8) is 0 Å². The predicted molar refractivity (Wildman–Crippen MR) is 91.1 cm³/mol. The Labute approximate surface area is 143 Å². The Hall–Kier alpha value is -1.45. The molecular formula is C15H27N5O3S. The summed E-state index contributed by atoms with van der Waals surface area (Å²) < 4.78 is 29.1. The van der Waals surface area contributed by atoms with E-state index in [-0.39, 0.29) is 10.8 Å². The van der Waals surface area contributed by atoms with Crippen molar-refractivity contribution < 1.29 is 13.2 Å². The van der Waals surface area contributed by atoms with Gasteiger partial charge in [0.1, 0.15) is 4.90 Å². The minimum Gasteiger partial charge on any atom is -0.354 e. The van der Waals surface area contributed by atoms with Crippen LogP contribution in [0, 0.1) is 19.8 Å². The molecule has 1 saturated heterocycles. The van der Waals surface area contributed by atoms with Gasteiger partial charge in [-0.25, -0.2) is 8.42 Å². The molecule has 0 radical (unpaired) electrons. The lowest BCUT2D eigenvalue weighted by molar-refractivity contribution is -0.122. The highest BCUT2D eigenvalue weighted by Crippen LogP contribution is 2.18. The lowest BCUT2D eigenvalue weighted by atomic mass is 10.00. The van der Waals surface area contributed by atoms with Crippen molar-refractivity contribution in [3.05, 3.63) is 11.4 Å². The monoisotopic (exact) mass is 357 g/mol. The predicted octanol–water partition coefficient (Wildman–Crippen LogP) is -0.180. The molecule has 2 atom stereocenters. The van der Waals surface area contributed by atoms with E-state index in [4.69, 9.17) is 0 Å². The van der Waals surface area contributed by atoms with Crippen molar-refractivity contribution in [1.29, 1.82) is 0 Å². The van der Waals surface area contributed by atoms with E-state index in [1.807, 2.05) is 0 Å². The number of nitrogens with zero attached hydrogens (tertiary/aromatic N) is 2. The first kappa shape index (κ1) is 18.9. The second-order valence-electron chi connectivity index (χ2n) is 6.42. The number of sulfonamides is 1. The number of piperidine rings is 1. The molecule has 0 aliphatic carbocycles. The van der Waals surface area contributed by atoms with Gasteiger partial charge in [0.2, 0.25) is 15.9 Å². The maximum absolute atomic E-state index is 12.6. The summed E-state index contributed by atoms with van der Waals surface area (Å²) in [6.07, 6.45) is 2.17. The molecule has 1 aliphatic heterocycles. The smallest absolute Gasteiger partial charge is 0.244 e. The summed E-state index contributed by atoms with van der Waals surface area (Å²) in [5.74, 6) is 0.0812. The summed E-state index contributed by atoms with van der Waals surface area (Å²) in [5, 5.41) is 10.2. The van der Waals surface area contributed by atoms with Crippen LogP contribution in [-0.4, -0.2) is 49.8 Å². The Morgan fingerprint density at radius 1 is 1.46 bits per heavy atom. The summed E-state index contributed by atoms with van der Waals surface area (Å²) >= 11 is 0. The molecule has 0 saturated carbocycles. The average molecular weight is 357 g/mol. The van der Waals surface area contributed by atoms with Crippen molar-refractivity contribution in [2.24, 2.45) is 13.0 Å². The SMILES string of the molecule is Cc1nn(C)c(C)c1S(=O)(=O)NC(C)C(=O)NCC1CCCNC1. The molecule has 1 fully saturated rings. The van der Waals surface area contributed by atoms with E-state index in [0.29, 0.717) is 23.9 Å². The second-order valence-corrected chi connectivity index (χ2v) is 8.07. The largest absolute Gasteiger partial charge is 0.354 e. The van der Waals surface area contributed by atoms with Gasteiger partial charge < -0.3 is 10.6 Å². The van der Waals surface area contributed by atoms with Crippen LogP contribution in [0.25, 0.3) is 0 Å². The van der Waals surface area contributed by atoms with Crippen LogP contribution in [0.3, 0.4) is 0 Å². The zero-order valence-corrected chi connectivity index (χ0v) is 15.5. The first-order valence-corrected chi connectivity index (χ1v) is 9.71. The molecule has 9 heteroatoms. The van der Waals surface area contributed by atoms with Crippen LogP contribution in [0.4, 0.5) is 0 Å². The standard InChI is InChI=1S/C15H27N5O3S/c1-10-14(12(3)20(4)18-10)24(22,23)19-11(2)15(21)17-9-13-6-5-7-16-8-13/h11,13,16,19H,5-9H2,1-4H3,(H,17,21). The molecule has 1 aliphatic rings. The van der Waals surface area contributed by atoms with Crippen molar-refractivity contribution in [2.75, 3.05) is 19.6 Å². The Balaban J connectivity index is 1.96. The van der Waals surface area contributed by atoms with Crippen molar-refractivity contribution >= 4 is 15.9 Å². The Bertz CT molecular complexity index is 692. The molecule has 3 N–H and O–H groups in total. The molecule has 8 nitrogen and oxygen atoms in total. The summed E-state index contributed by atoms with van der Waals surface area (Å²) in [6, 6.07) is -0.842. The fourth-order valence-corrected chi connectivity index (χ4v) is 4.63. The average Bonchev–Trinajstić information content (AvgIpc) is 2.78. The van der Waals surface area contributed by atoms with Crippen LogP contribution in [-0.2, 0) is 21.9 Å². The maximum atomic E-state index is 12.6. The van der Waals surface area contributed by atoms with Gasteiger partial charge in [-0.1, -0.05) is 0 Å². The third-order valence-corrected chi connectivity index (χ3v) is 6.19. The summed E-state index contributed by atoms with van der Waals surface area (Å²) in [7, 11) is -2.10. The van der Waals surface area contributed by atoms with Crippen molar-refractivity contribution in [3.8, 4) is 0 Å². The molecule has 1 amide bonds. The fourth-order valence-electron chi connectivity index (χ4n) is 2.98. The van der Waals surface area contributed by atoms with Gasteiger partial charge in [-0.3, -0.25) is 9.48 Å². The second kappa shape index (κ2) is 7.62. The van der Waals surface area contributed by atoms with E-state index >= 15 is 0 Å². The minimum absolute atomic E-state index is 0.140. The Kier molecular flexibility index (Phi) is 6.00. The number of aryl methyl sites for hydroxylation is 2. The van der Waals surface area contributed by atoms with Crippen LogP contribution < -0.4 is 15.4 Å². The minimum atomic E-state index is -3.79. The number of amides is 1. The number of nitrogens with one attached hydrogen (secondary N) is 3. The van der Waals surface area contributed by atoms with Gasteiger partial charge >= 0.3 is 0 Å². The molecule has 1 aromatic heterocycles. The number of hydrogen-bond acceptors (Lipinski definition) is 5. The van der Waals surface area contributed by atoms with E-state index in [1.54, 1.807) is 27.8 Å². The molecule has 2 heterocycles. The topological polar surface area (TPSA) is 105 Å². The molecule has 0 aromatic carbocycles. The summed E-state index contributed by atoms with van der Waals surface area (Å²) in [6.45, 7) is 7.34. The summed E-state index contributed by atoms with van der Waals surface area (Å²) in [4.78, 5) is 12.3. The van der Waals surface area contributed by atoms with Crippen LogP contribution >= 0.6 is 0 Å². The molecule has 2 rings (SSSR count). The van der Waals surface area contributed by atoms with E-state index in [9.17, 15) is 13.2 Å². The molecule has 136 valence electrons. The van der Waals surface area contributed by atoms with E-state index in [0.717, 1.165) is 25.9 Å². The van der Waals surface area contributed by atoms with E-state index < -0.39 is 16.1 Å². The van der Waals surface area contributed by atoms with Gasteiger partial charge in [-0.05, 0) is 52.6 Å². The zero-order valence-electron chi connectivity index (χ0n) is 14.7. The van der Waals surface area contributed by atoms with Gasteiger partial charge in [0.15, 0.2) is 0 Å². The molecular weight excluding hydrogens is 330 g/mol. The highest BCUT2D eigenvalue weighted by molar-refractivity contribution is 7.89. The molecule has 24 heavy (non-hydrogen) atoms. The first-order valence-electron chi connectivity index (χ1n) is 8.23. The Morgan fingerprint density at radius 3 is 2.71 bits per heavy atom. The number of hydrogen-bond donors (Lipinski definition) is 3. The molecule has 1 aromatic rings. The Morgan fingerprint density at radius 2 is 2.17 bits per heavy atom. The normalized spacial score (nSPS) is 19.9. The van der Waals surface area contributed by atoms with Crippen LogP contribution in [0.15, 0.2) is 4.90 Å². The van der Waals surface area contributed by atoms with Gasteiger partial charge in [-0.2, -0.15) is 9.82 Å². The lowest BCUT2D eigenvalue weighted by Crippen LogP contribution is -2.47. The van der Waals surface area contributed by atoms with E-state index in [1.165, 1.54) is 4.68 Å². The van der Waals surface area contributed by atoms with Gasteiger partial charge in [-0.15, -0.1) is 0 Å². The number of carbonyl (C=O) groups is 1. The first-order chi connectivity index (χ1) is 11.2. The van der Waals surface area contributed by atoms with E-state index in [2.05, 4.69) is 20.5 Å². The van der Waals surface area contributed by atoms with Crippen LogP contribution in [0.5, 0.6) is 0 Å². The quantitative estimate of drug-likeness (QED) is 0.655. The van der Waals surface area contributed by atoms with Crippen LogP contribution in [0.2, 0.25) is 0 Å². The molecule has 0 bridgehead atoms. The number of aromatic nitrogens is 2. The number of rotatable bonds is 6. The molecule has 0 spiro atoms. The van der Waals surface area contributed by atoms with Gasteiger partial charge in [0, 0.05) is 13.6 Å². The highest BCUT2D eigenvalue weighted by Gasteiger charge is 2.28. The van der Waals surface area contributed by atoms with Gasteiger partial charge in [0.05, 0.1) is 17.4 Å². The third-order valence-electron chi connectivity index (χ3n) is 4.40. The van der Waals surface area contributed by atoms with Crippen molar-refractivity contribution in [2.45, 2.75) is 44.6 Å². The third kappa shape index (κ3) is 4.34. The highest BCUT2D eigenvalue weighted by atomic mass is 32.2. The zero-order chi connectivity index (χ0) is 17.9. The van der Waals surface area contributed by atoms with Gasteiger partial charge in [0.25, 0.3) is 0 Å².